The Kier molecular flexibility index (Phi) is 4.12. The number of nitrogen functional groups attached to an aromatic ring is 1. The lowest BCUT2D eigenvalue weighted by molar-refractivity contribution is 0.0831. The molecule has 0 atom stereocenters. The van der Waals surface area contributed by atoms with E-state index in [1.54, 1.807) is 0 Å². The third kappa shape index (κ3) is 2.85. The Labute approximate surface area is 145 Å². The number of aromatic nitrogens is 3. The minimum Gasteiger partial charge on any atom is -0.494 e. The molecule has 7 nitrogen and oxygen atoms in total. The number of hydrogen-bond donors (Lipinski definition) is 1. The predicted octanol–water partition coefficient (Wildman–Crippen LogP) is 2.77. The fourth-order valence-electron chi connectivity index (χ4n) is 3.19. The average molecular weight is 337 g/mol. The van der Waals surface area contributed by atoms with Crippen LogP contribution >= 0.6 is 0 Å². The van der Waals surface area contributed by atoms with Gasteiger partial charge in [0.1, 0.15) is 23.7 Å². The van der Waals surface area contributed by atoms with Crippen LogP contribution in [0.4, 0.5) is 5.82 Å². The van der Waals surface area contributed by atoms with E-state index in [1.807, 2.05) is 18.2 Å². The summed E-state index contributed by atoms with van der Waals surface area (Å²) in [6.07, 6.45) is 2.27. The van der Waals surface area contributed by atoms with Gasteiger partial charge >= 0.3 is 0 Å². The van der Waals surface area contributed by atoms with E-state index in [9.17, 15) is 0 Å². The standard InChI is InChI=1S/C18H19N5O2/c19-6-2-1-3-8-25-12-4-5-13-14(10-12)21-18(20)16-17(13)23-7-9-24-11-15(23)22-16/h4-5,10H,1-3,7-9,11H2,(H2,20,21). The van der Waals surface area contributed by atoms with Crippen LogP contribution in [-0.4, -0.2) is 27.7 Å². The predicted molar refractivity (Wildman–Crippen MR) is 94.1 cm³/mol. The summed E-state index contributed by atoms with van der Waals surface area (Å²) in [5, 5.41) is 9.57. The molecule has 0 amide bonds. The lowest BCUT2D eigenvalue weighted by Gasteiger charge is -2.15. The maximum atomic E-state index is 8.55. The van der Waals surface area contributed by atoms with Crippen LogP contribution in [0, 0.1) is 11.3 Å². The van der Waals surface area contributed by atoms with Crippen molar-refractivity contribution in [1.82, 2.24) is 14.5 Å². The average Bonchev–Trinajstić information content (AvgIpc) is 3.02. The van der Waals surface area contributed by atoms with Crippen LogP contribution in [-0.2, 0) is 17.9 Å². The van der Waals surface area contributed by atoms with Gasteiger partial charge in [0, 0.05) is 24.4 Å². The first-order valence-electron chi connectivity index (χ1n) is 8.44. The van der Waals surface area contributed by atoms with Crippen molar-refractivity contribution >= 4 is 27.8 Å². The molecule has 1 aliphatic rings. The van der Waals surface area contributed by atoms with E-state index in [-0.39, 0.29) is 0 Å². The van der Waals surface area contributed by atoms with Gasteiger partial charge in [-0.1, -0.05) is 0 Å². The molecule has 1 aliphatic heterocycles. The van der Waals surface area contributed by atoms with Gasteiger partial charge in [0.15, 0.2) is 5.82 Å². The van der Waals surface area contributed by atoms with Gasteiger partial charge in [0.25, 0.3) is 0 Å². The Balaban J connectivity index is 1.69. The second-order valence-electron chi connectivity index (χ2n) is 6.07. The molecule has 4 rings (SSSR count). The monoisotopic (exact) mass is 337 g/mol. The lowest BCUT2D eigenvalue weighted by Crippen LogP contribution is -2.16. The van der Waals surface area contributed by atoms with Crippen molar-refractivity contribution in [2.24, 2.45) is 0 Å². The van der Waals surface area contributed by atoms with E-state index in [0.717, 1.165) is 52.9 Å². The maximum absolute atomic E-state index is 8.55. The fraction of sp³-hybridized carbons (Fsp3) is 0.389. The van der Waals surface area contributed by atoms with Crippen molar-refractivity contribution in [3.63, 3.8) is 0 Å². The summed E-state index contributed by atoms with van der Waals surface area (Å²) in [6.45, 7) is 2.53. The van der Waals surface area contributed by atoms with Gasteiger partial charge in [-0.3, -0.25) is 0 Å². The number of pyridine rings is 1. The maximum Gasteiger partial charge on any atom is 0.152 e. The molecule has 2 N–H and O–H groups in total. The molecule has 128 valence electrons. The summed E-state index contributed by atoms with van der Waals surface area (Å²) in [5.41, 5.74) is 8.69. The van der Waals surface area contributed by atoms with Crippen molar-refractivity contribution in [1.29, 1.82) is 5.26 Å². The number of imidazole rings is 1. The van der Waals surface area contributed by atoms with E-state index < -0.39 is 0 Å². The van der Waals surface area contributed by atoms with Gasteiger partial charge in [0.2, 0.25) is 0 Å². The second-order valence-corrected chi connectivity index (χ2v) is 6.07. The topological polar surface area (TPSA) is 99.0 Å². The molecule has 1 aromatic carbocycles. The van der Waals surface area contributed by atoms with Gasteiger partial charge in [-0.25, -0.2) is 9.97 Å². The summed E-state index contributed by atoms with van der Waals surface area (Å²) < 4.78 is 13.4. The Hall–Kier alpha value is -2.85. The minimum absolute atomic E-state index is 0.426. The molecule has 2 aromatic heterocycles. The van der Waals surface area contributed by atoms with E-state index in [1.165, 1.54) is 0 Å². The van der Waals surface area contributed by atoms with Crippen molar-refractivity contribution in [3.8, 4) is 11.8 Å². The molecular weight excluding hydrogens is 318 g/mol. The molecule has 0 unspecified atom stereocenters. The Morgan fingerprint density at radius 3 is 3.12 bits per heavy atom. The van der Waals surface area contributed by atoms with Gasteiger partial charge in [-0.15, -0.1) is 0 Å². The van der Waals surface area contributed by atoms with Crippen LogP contribution in [0.3, 0.4) is 0 Å². The number of nitrogens with zero attached hydrogens (tertiary/aromatic N) is 4. The number of unbranched alkanes of at least 4 members (excludes halogenated alkanes) is 2. The molecule has 0 saturated carbocycles. The first-order chi connectivity index (χ1) is 12.3. The molecule has 7 heteroatoms. The number of rotatable bonds is 5. The van der Waals surface area contributed by atoms with Gasteiger partial charge in [0.05, 0.1) is 30.3 Å². The van der Waals surface area contributed by atoms with Crippen LogP contribution in [0.25, 0.3) is 21.9 Å². The van der Waals surface area contributed by atoms with Gasteiger partial charge < -0.3 is 19.8 Å². The first kappa shape index (κ1) is 15.7. The van der Waals surface area contributed by atoms with E-state index in [0.29, 0.717) is 32.1 Å². The molecule has 3 aromatic rings. The highest BCUT2D eigenvalue weighted by Crippen LogP contribution is 2.31. The Morgan fingerprint density at radius 1 is 1.32 bits per heavy atom. The molecule has 0 bridgehead atoms. The molecule has 0 fully saturated rings. The number of hydrogen-bond acceptors (Lipinski definition) is 6. The number of anilines is 1. The highest BCUT2D eigenvalue weighted by atomic mass is 16.5. The quantitative estimate of drug-likeness (QED) is 0.719. The SMILES string of the molecule is N#CCCCCOc1ccc2c(c1)nc(N)c1nc3n(c12)CCOC3. The molecular formula is C18H19N5O2. The zero-order valence-electron chi connectivity index (χ0n) is 13.9. The number of nitrogens with two attached hydrogens (primary N) is 1. The van der Waals surface area contributed by atoms with Crippen molar-refractivity contribution < 1.29 is 9.47 Å². The Bertz CT molecular complexity index is 973. The molecule has 3 heterocycles. The molecule has 0 spiro atoms. The second kappa shape index (κ2) is 6.57. The number of nitriles is 1. The summed E-state index contributed by atoms with van der Waals surface area (Å²) in [4.78, 5) is 9.10. The Morgan fingerprint density at radius 2 is 2.24 bits per heavy atom. The zero-order chi connectivity index (χ0) is 17.2. The van der Waals surface area contributed by atoms with Crippen molar-refractivity contribution in [2.45, 2.75) is 32.4 Å². The largest absolute Gasteiger partial charge is 0.494 e. The van der Waals surface area contributed by atoms with Crippen LogP contribution in [0.1, 0.15) is 25.1 Å². The third-order valence-electron chi connectivity index (χ3n) is 4.40. The van der Waals surface area contributed by atoms with E-state index >= 15 is 0 Å². The van der Waals surface area contributed by atoms with Crippen molar-refractivity contribution in [2.75, 3.05) is 18.9 Å². The first-order valence-corrected chi connectivity index (χ1v) is 8.44. The molecule has 0 radical (unpaired) electrons. The number of benzene rings is 1. The fourth-order valence-corrected chi connectivity index (χ4v) is 3.19. The van der Waals surface area contributed by atoms with E-state index in [2.05, 4.69) is 20.6 Å². The number of fused-ring (bicyclic) bond motifs is 5. The van der Waals surface area contributed by atoms with E-state index in [4.69, 9.17) is 20.5 Å². The van der Waals surface area contributed by atoms with Gasteiger partial charge in [-0.05, 0) is 25.0 Å². The highest BCUT2D eigenvalue weighted by Gasteiger charge is 2.19. The summed E-state index contributed by atoms with van der Waals surface area (Å²) in [6, 6.07) is 8.01. The van der Waals surface area contributed by atoms with Crippen LogP contribution in [0.15, 0.2) is 18.2 Å². The summed E-state index contributed by atoms with van der Waals surface area (Å²) in [7, 11) is 0. The van der Waals surface area contributed by atoms with Crippen LogP contribution in [0.5, 0.6) is 5.75 Å². The minimum atomic E-state index is 0.426. The van der Waals surface area contributed by atoms with Crippen LogP contribution < -0.4 is 10.5 Å². The molecule has 25 heavy (non-hydrogen) atoms. The summed E-state index contributed by atoms with van der Waals surface area (Å²) >= 11 is 0. The lowest BCUT2D eigenvalue weighted by atomic mass is 10.1. The zero-order valence-corrected chi connectivity index (χ0v) is 13.9. The number of ether oxygens (including phenoxy) is 2. The summed E-state index contributed by atoms with van der Waals surface area (Å²) in [5.74, 6) is 2.08. The van der Waals surface area contributed by atoms with Crippen molar-refractivity contribution in [3.05, 3.63) is 24.0 Å². The molecule has 0 aliphatic carbocycles. The normalized spacial score (nSPS) is 13.7. The van der Waals surface area contributed by atoms with Crippen LogP contribution in [0.2, 0.25) is 0 Å². The molecule has 0 saturated heterocycles. The third-order valence-corrected chi connectivity index (χ3v) is 4.40. The smallest absolute Gasteiger partial charge is 0.152 e. The van der Waals surface area contributed by atoms with Gasteiger partial charge in [-0.2, -0.15) is 5.26 Å². The highest BCUT2D eigenvalue weighted by molar-refractivity contribution is 6.06.